The number of anilines is 1. The molecule has 2 unspecified atom stereocenters. The van der Waals surface area contributed by atoms with Crippen LogP contribution in [0, 0.1) is 12.8 Å². The summed E-state index contributed by atoms with van der Waals surface area (Å²) >= 11 is 0. The Balaban J connectivity index is 1.64. The molecular formula is C21H32BN2O3. The van der Waals surface area contributed by atoms with Crippen molar-refractivity contribution in [2.24, 2.45) is 5.92 Å². The average molecular weight is 371 g/mol. The monoisotopic (exact) mass is 371 g/mol. The van der Waals surface area contributed by atoms with Crippen LogP contribution in [0.25, 0.3) is 0 Å². The lowest BCUT2D eigenvalue weighted by Crippen LogP contribution is -2.63. The van der Waals surface area contributed by atoms with E-state index in [1.54, 1.807) is 21.3 Å². The number of rotatable bonds is 5. The standard InChI is InChI=1S/C21H32BN2O3/c1-13-9-16-12-17(10-13)24(16)19(25)23-15-8-7-14(2)18(11-15)22-27-21(5,6)20(3,4)26/h7-8,11,13,16-17,26H,9-10,12H2,1-6H3,(H,23,25)/t13?,16-,17?/m1/s1. The Morgan fingerprint density at radius 2 is 1.85 bits per heavy atom. The van der Waals surface area contributed by atoms with Crippen molar-refractivity contribution < 1.29 is 14.6 Å². The van der Waals surface area contributed by atoms with E-state index in [2.05, 4.69) is 12.2 Å². The van der Waals surface area contributed by atoms with Crippen molar-refractivity contribution in [2.75, 3.05) is 5.32 Å². The number of carbonyl (C=O) groups excluding carboxylic acids is 1. The van der Waals surface area contributed by atoms with Gasteiger partial charge in [-0.25, -0.2) is 4.79 Å². The zero-order valence-corrected chi connectivity index (χ0v) is 17.4. The first kappa shape index (κ1) is 20.2. The van der Waals surface area contributed by atoms with E-state index >= 15 is 0 Å². The van der Waals surface area contributed by atoms with Gasteiger partial charge in [0.25, 0.3) is 0 Å². The quantitative estimate of drug-likeness (QED) is 0.782. The fourth-order valence-corrected chi connectivity index (χ4v) is 3.87. The molecule has 1 radical (unpaired) electrons. The van der Waals surface area contributed by atoms with E-state index in [0.29, 0.717) is 12.1 Å². The third-order valence-corrected chi connectivity index (χ3v) is 6.40. The highest BCUT2D eigenvalue weighted by atomic mass is 16.5. The van der Waals surface area contributed by atoms with Gasteiger partial charge in [0.1, 0.15) is 0 Å². The van der Waals surface area contributed by atoms with E-state index in [9.17, 15) is 9.90 Å². The van der Waals surface area contributed by atoms with Crippen LogP contribution in [0.15, 0.2) is 18.2 Å². The van der Waals surface area contributed by atoms with Crippen LogP contribution >= 0.6 is 0 Å². The second kappa shape index (κ2) is 7.14. The van der Waals surface area contributed by atoms with Crippen LogP contribution in [-0.2, 0) is 4.65 Å². The van der Waals surface area contributed by atoms with Gasteiger partial charge in [-0.1, -0.05) is 18.6 Å². The second-order valence-corrected chi connectivity index (χ2v) is 9.33. The molecule has 3 atom stereocenters. The Morgan fingerprint density at radius 1 is 1.22 bits per heavy atom. The van der Waals surface area contributed by atoms with Gasteiger partial charge in [0, 0.05) is 17.8 Å². The van der Waals surface area contributed by atoms with Crippen molar-refractivity contribution >= 4 is 24.7 Å². The lowest BCUT2D eigenvalue weighted by molar-refractivity contribution is -0.0893. The van der Waals surface area contributed by atoms with Gasteiger partial charge in [-0.3, -0.25) is 0 Å². The average Bonchev–Trinajstić information content (AvgIpc) is 2.53. The number of carbonyl (C=O) groups is 1. The molecule has 2 aliphatic heterocycles. The lowest BCUT2D eigenvalue weighted by Gasteiger charge is -2.54. The van der Waals surface area contributed by atoms with Crippen molar-refractivity contribution in [2.45, 2.75) is 84.1 Å². The van der Waals surface area contributed by atoms with Crippen LogP contribution in [0.5, 0.6) is 0 Å². The zero-order chi connectivity index (χ0) is 20.0. The Hall–Kier alpha value is -1.53. The molecule has 6 heteroatoms. The van der Waals surface area contributed by atoms with E-state index in [0.717, 1.165) is 41.9 Å². The number of nitrogens with one attached hydrogen (secondary N) is 1. The van der Waals surface area contributed by atoms with E-state index in [-0.39, 0.29) is 6.03 Å². The minimum atomic E-state index is -0.977. The Kier molecular flexibility index (Phi) is 5.34. The van der Waals surface area contributed by atoms with Crippen LogP contribution in [0.4, 0.5) is 10.5 Å². The van der Waals surface area contributed by atoms with Crippen LogP contribution in [0.2, 0.25) is 0 Å². The molecule has 3 rings (SSSR count). The van der Waals surface area contributed by atoms with Gasteiger partial charge < -0.3 is 20.0 Å². The van der Waals surface area contributed by atoms with Gasteiger partial charge in [-0.15, -0.1) is 0 Å². The van der Waals surface area contributed by atoms with Crippen LogP contribution in [0.1, 0.15) is 59.4 Å². The summed E-state index contributed by atoms with van der Waals surface area (Å²) in [6, 6.07) is 6.60. The van der Waals surface area contributed by atoms with Crippen molar-refractivity contribution in [3.63, 3.8) is 0 Å². The molecule has 0 aromatic heterocycles. The molecular weight excluding hydrogens is 339 g/mol. The number of nitrogens with zero attached hydrogens (tertiary/aromatic N) is 1. The summed E-state index contributed by atoms with van der Waals surface area (Å²) in [5.41, 5.74) is 0.997. The molecule has 2 saturated heterocycles. The molecule has 147 valence electrons. The zero-order valence-electron chi connectivity index (χ0n) is 17.4. The van der Waals surface area contributed by atoms with Crippen LogP contribution in [0.3, 0.4) is 0 Å². The minimum Gasteiger partial charge on any atom is -0.427 e. The number of aryl methyl sites for hydroxylation is 1. The summed E-state index contributed by atoms with van der Waals surface area (Å²) in [7, 11) is 1.67. The molecule has 0 spiro atoms. The molecule has 1 aromatic carbocycles. The molecule has 5 nitrogen and oxygen atoms in total. The molecule has 27 heavy (non-hydrogen) atoms. The van der Waals surface area contributed by atoms with Crippen molar-refractivity contribution in [1.29, 1.82) is 0 Å². The molecule has 0 saturated carbocycles. The third-order valence-electron chi connectivity index (χ3n) is 6.40. The fourth-order valence-electron chi connectivity index (χ4n) is 3.87. The highest BCUT2D eigenvalue weighted by molar-refractivity contribution is 6.48. The van der Waals surface area contributed by atoms with Gasteiger partial charge in [-0.2, -0.15) is 0 Å². The van der Waals surface area contributed by atoms with Gasteiger partial charge in [0.15, 0.2) is 0 Å². The molecule has 2 N–H and O–H groups in total. The number of aliphatic hydroxyl groups is 1. The van der Waals surface area contributed by atoms with E-state index in [1.807, 2.05) is 43.9 Å². The summed E-state index contributed by atoms with van der Waals surface area (Å²) in [4.78, 5) is 14.7. The smallest absolute Gasteiger partial charge is 0.331 e. The van der Waals surface area contributed by atoms with Crippen LogP contribution in [-0.4, -0.2) is 46.8 Å². The van der Waals surface area contributed by atoms with Gasteiger partial charge in [0.05, 0.1) is 11.2 Å². The summed E-state index contributed by atoms with van der Waals surface area (Å²) in [5.74, 6) is 0.717. The lowest BCUT2D eigenvalue weighted by atomic mass is 9.74. The highest BCUT2D eigenvalue weighted by Gasteiger charge is 2.46. The van der Waals surface area contributed by atoms with E-state index in [4.69, 9.17) is 4.65 Å². The Labute approximate surface area is 163 Å². The minimum absolute atomic E-state index is 0.00399. The normalized spacial score (nSPS) is 25.0. The van der Waals surface area contributed by atoms with Gasteiger partial charge >= 0.3 is 13.5 Å². The summed E-state index contributed by atoms with van der Waals surface area (Å²) in [5, 5.41) is 13.3. The fraction of sp³-hybridized carbons (Fsp3) is 0.667. The largest absolute Gasteiger partial charge is 0.427 e. The molecule has 1 aromatic rings. The van der Waals surface area contributed by atoms with Gasteiger partial charge in [-0.05, 0) is 77.4 Å². The van der Waals surface area contributed by atoms with E-state index in [1.165, 1.54) is 0 Å². The first-order valence-corrected chi connectivity index (χ1v) is 9.91. The maximum absolute atomic E-state index is 12.7. The number of amides is 2. The number of piperidine rings is 1. The maximum Gasteiger partial charge on any atom is 0.331 e. The second-order valence-electron chi connectivity index (χ2n) is 9.33. The first-order chi connectivity index (χ1) is 12.5. The number of benzene rings is 1. The SMILES string of the molecule is Cc1ccc(NC(=O)N2C3CC(C)C[C@@H]2C3)cc1[B]OC(C)(C)C(C)(C)O. The number of fused-ring (bicyclic) bond motifs is 2. The number of hydrogen-bond acceptors (Lipinski definition) is 3. The predicted molar refractivity (Wildman–Crippen MR) is 109 cm³/mol. The van der Waals surface area contributed by atoms with E-state index < -0.39 is 11.2 Å². The molecule has 0 aliphatic carbocycles. The number of urea groups is 1. The molecule has 2 bridgehead atoms. The van der Waals surface area contributed by atoms with Crippen LogP contribution < -0.4 is 10.8 Å². The molecule has 2 amide bonds. The van der Waals surface area contributed by atoms with Gasteiger partial charge in [0.2, 0.25) is 0 Å². The maximum atomic E-state index is 12.7. The van der Waals surface area contributed by atoms with Crippen molar-refractivity contribution in [3.8, 4) is 0 Å². The highest BCUT2D eigenvalue weighted by Crippen LogP contribution is 2.41. The third kappa shape index (κ3) is 4.17. The summed E-state index contributed by atoms with van der Waals surface area (Å²) in [6.07, 6.45) is 3.36. The molecule has 2 fully saturated rings. The van der Waals surface area contributed by atoms with Crippen molar-refractivity contribution in [1.82, 2.24) is 4.90 Å². The summed E-state index contributed by atoms with van der Waals surface area (Å²) in [6.45, 7) is 11.4. The summed E-state index contributed by atoms with van der Waals surface area (Å²) < 4.78 is 5.87. The molecule has 2 heterocycles. The Bertz CT molecular complexity index is 702. The Morgan fingerprint density at radius 3 is 2.44 bits per heavy atom. The van der Waals surface area contributed by atoms with Crippen molar-refractivity contribution in [3.05, 3.63) is 23.8 Å². The molecule has 2 aliphatic rings. The first-order valence-electron chi connectivity index (χ1n) is 9.91. The topological polar surface area (TPSA) is 61.8 Å². The predicted octanol–water partition coefficient (Wildman–Crippen LogP) is 3.21. The number of hydrogen-bond donors (Lipinski definition) is 2.